The number of aromatic nitrogens is 2. The molecule has 1 rings (SSSR count). The van der Waals surface area contributed by atoms with Crippen LogP contribution in [0.15, 0.2) is 17.4 Å². The number of hydrogen-bond donors (Lipinski definition) is 1. The lowest BCUT2D eigenvalue weighted by Crippen LogP contribution is -2.03. The van der Waals surface area contributed by atoms with Gasteiger partial charge in [0.05, 0.1) is 12.4 Å². The molecule has 1 atom stereocenters. The number of anilines is 1. The van der Waals surface area contributed by atoms with E-state index < -0.39 is 0 Å². The Labute approximate surface area is 102 Å². The number of hydrogen-bond acceptors (Lipinski definition) is 4. The monoisotopic (exact) mass is 239 g/mol. The van der Waals surface area contributed by atoms with Gasteiger partial charge in [0.1, 0.15) is 10.8 Å². The highest BCUT2D eigenvalue weighted by Crippen LogP contribution is 2.20. The van der Waals surface area contributed by atoms with Crippen molar-refractivity contribution in [2.24, 2.45) is 5.92 Å². The second-order valence-electron chi connectivity index (χ2n) is 3.99. The molecule has 0 aliphatic heterocycles. The summed E-state index contributed by atoms with van der Waals surface area (Å²) in [4.78, 5) is 8.70. The summed E-state index contributed by atoms with van der Waals surface area (Å²) in [5.41, 5.74) is 0. The van der Waals surface area contributed by atoms with Crippen molar-refractivity contribution in [1.29, 1.82) is 0 Å². The van der Waals surface area contributed by atoms with E-state index in [0.29, 0.717) is 0 Å². The van der Waals surface area contributed by atoms with Crippen LogP contribution in [0.2, 0.25) is 0 Å². The molecule has 0 radical (unpaired) electrons. The predicted molar refractivity (Wildman–Crippen MR) is 71.0 cm³/mol. The van der Waals surface area contributed by atoms with Gasteiger partial charge in [-0.3, -0.25) is 4.98 Å². The Kier molecular flexibility index (Phi) is 6.23. The topological polar surface area (TPSA) is 37.8 Å². The summed E-state index contributed by atoms with van der Waals surface area (Å²) in [5, 5.41) is 4.26. The van der Waals surface area contributed by atoms with Crippen LogP contribution in [0.3, 0.4) is 0 Å². The molecule has 0 aromatic carbocycles. The third kappa shape index (κ3) is 4.84. The fourth-order valence-electron chi connectivity index (χ4n) is 1.10. The van der Waals surface area contributed by atoms with E-state index in [0.717, 1.165) is 35.5 Å². The van der Waals surface area contributed by atoms with Gasteiger partial charge in [-0.05, 0) is 12.3 Å². The summed E-state index contributed by atoms with van der Waals surface area (Å²) in [6.45, 7) is 7.58. The summed E-state index contributed by atoms with van der Waals surface area (Å²) in [5.74, 6) is 2.73. The Morgan fingerprint density at radius 3 is 2.88 bits per heavy atom. The van der Waals surface area contributed by atoms with E-state index >= 15 is 0 Å². The predicted octanol–water partition coefficient (Wildman–Crippen LogP) is 3.44. The molecule has 0 amide bonds. The lowest BCUT2D eigenvalue weighted by atomic mass is 10.2. The van der Waals surface area contributed by atoms with E-state index in [1.165, 1.54) is 6.42 Å². The number of thioether (sulfide) groups is 1. The SMILES string of the molecule is CCCNc1cncc(SCC(C)CC)n1. The van der Waals surface area contributed by atoms with Crippen LogP contribution in [-0.4, -0.2) is 22.3 Å². The maximum Gasteiger partial charge on any atom is 0.145 e. The molecule has 0 saturated carbocycles. The van der Waals surface area contributed by atoms with Crippen molar-refractivity contribution in [1.82, 2.24) is 9.97 Å². The van der Waals surface area contributed by atoms with Crippen molar-refractivity contribution >= 4 is 17.6 Å². The van der Waals surface area contributed by atoms with Crippen LogP contribution in [0.25, 0.3) is 0 Å². The van der Waals surface area contributed by atoms with E-state index in [4.69, 9.17) is 0 Å². The summed E-state index contributed by atoms with van der Waals surface area (Å²) in [7, 11) is 0. The van der Waals surface area contributed by atoms with E-state index in [9.17, 15) is 0 Å². The minimum Gasteiger partial charge on any atom is -0.369 e. The van der Waals surface area contributed by atoms with Crippen molar-refractivity contribution in [2.75, 3.05) is 17.6 Å². The first-order chi connectivity index (χ1) is 7.76. The molecule has 0 aliphatic carbocycles. The first-order valence-corrected chi connectivity index (χ1v) is 6.93. The van der Waals surface area contributed by atoms with Gasteiger partial charge in [-0.1, -0.05) is 27.2 Å². The normalized spacial score (nSPS) is 12.4. The highest BCUT2D eigenvalue weighted by molar-refractivity contribution is 7.99. The van der Waals surface area contributed by atoms with Gasteiger partial charge in [-0.25, -0.2) is 4.98 Å². The molecule has 1 unspecified atom stereocenters. The molecule has 1 N–H and O–H groups in total. The highest BCUT2D eigenvalue weighted by Gasteiger charge is 2.03. The molecular formula is C12H21N3S. The molecule has 0 fully saturated rings. The summed E-state index contributed by atoms with van der Waals surface area (Å²) in [6, 6.07) is 0. The third-order valence-electron chi connectivity index (χ3n) is 2.38. The van der Waals surface area contributed by atoms with Gasteiger partial charge in [-0.2, -0.15) is 0 Å². The van der Waals surface area contributed by atoms with Gasteiger partial charge in [0.25, 0.3) is 0 Å². The molecule has 0 saturated heterocycles. The van der Waals surface area contributed by atoms with Gasteiger partial charge in [0.2, 0.25) is 0 Å². The van der Waals surface area contributed by atoms with Crippen LogP contribution in [0.5, 0.6) is 0 Å². The van der Waals surface area contributed by atoms with Crippen LogP contribution in [0.1, 0.15) is 33.6 Å². The van der Waals surface area contributed by atoms with Crippen LogP contribution in [0.4, 0.5) is 5.82 Å². The molecule has 3 nitrogen and oxygen atoms in total. The maximum absolute atomic E-state index is 4.51. The zero-order valence-electron chi connectivity index (χ0n) is 10.4. The summed E-state index contributed by atoms with van der Waals surface area (Å²) >= 11 is 1.79. The van der Waals surface area contributed by atoms with Crippen LogP contribution >= 0.6 is 11.8 Å². The third-order valence-corrected chi connectivity index (χ3v) is 3.61. The summed E-state index contributed by atoms with van der Waals surface area (Å²) in [6.07, 6.45) is 5.94. The number of nitrogens with zero attached hydrogens (tertiary/aromatic N) is 2. The van der Waals surface area contributed by atoms with Gasteiger partial charge in [0, 0.05) is 12.3 Å². The average Bonchev–Trinajstić information content (AvgIpc) is 2.34. The van der Waals surface area contributed by atoms with Crippen LogP contribution in [0, 0.1) is 5.92 Å². The first-order valence-electron chi connectivity index (χ1n) is 5.95. The average molecular weight is 239 g/mol. The lowest BCUT2D eigenvalue weighted by molar-refractivity contribution is 0.636. The van der Waals surface area contributed by atoms with Crippen molar-refractivity contribution in [2.45, 2.75) is 38.6 Å². The van der Waals surface area contributed by atoms with E-state index in [1.54, 1.807) is 18.0 Å². The molecular weight excluding hydrogens is 218 g/mol. The highest BCUT2D eigenvalue weighted by atomic mass is 32.2. The van der Waals surface area contributed by atoms with Gasteiger partial charge < -0.3 is 5.32 Å². The Bertz CT molecular complexity index is 304. The molecule has 16 heavy (non-hydrogen) atoms. The molecule has 1 aromatic heterocycles. The number of nitrogens with one attached hydrogen (secondary N) is 1. The Morgan fingerprint density at radius 1 is 1.38 bits per heavy atom. The zero-order chi connectivity index (χ0) is 11.8. The first kappa shape index (κ1) is 13.3. The van der Waals surface area contributed by atoms with Gasteiger partial charge >= 0.3 is 0 Å². The minimum atomic E-state index is 0.735. The smallest absolute Gasteiger partial charge is 0.145 e. The Hall–Kier alpha value is -0.770. The fraction of sp³-hybridized carbons (Fsp3) is 0.667. The quantitative estimate of drug-likeness (QED) is 0.740. The second-order valence-corrected chi connectivity index (χ2v) is 5.03. The lowest BCUT2D eigenvalue weighted by Gasteiger charge is -2.08. The molecule has 0 aliphatic rings. The number of rotatable bonds is 7. The molecule has 0 bridgehead atoms. The summed E-state index contributed by atoms with van der Waals surface area (Å²) < 4.78 is 0. The van der Waals surface area contributed by atoms with E-state index in [2.05, 4.69) is 36.1 Å². The Morgan fingerprint density at radius 2 is 2.19 bits per heavy atom. The largest absolute Gasteiger partial charge is 0.369 e. The molecule has 0 spiro atoms. The minimum absolute atomic E-state index is 0.735. The fourth-order valence-corrected chi connectivity index (χ4v) is 2.09. The van der Waals surface area contributed by atoms with Crippen molar-refractivity contribution < 1.29 is 0 Å². The molecule has 90 valence electrons. The molecule has 1 heterocycles. The maximum atomic E-state index is 4.51. The second kappa shape index (κ2) is 7.49. The van der Waals surface area contributed by atoms with Crippen LogP contribution in [-0.2, 0) is 0 Å². The van der Waals surface area contributed by atoms with E-state index in [1.807, 2.05) is 6.20 Å². The standard InChI is InChI=1S/C12H21N3S/c1-4-6-14-11-7-13-8-12(15-11)16-9-10(3)5-2/h7-8,10H,4-6,9H2,1-3H3,(H,14,15). The van der Waals surface area contributed by atoms with Gasteiger partial charge in [0.15, 0.2) is 0 Å². The van der Waals surface area contributed by atoms with Crippen molar-refractivity contribution in [3.05, 3.63) is 12.4 Å². The van der Waals surface area contributed by atoms with Crippen LogP contribution < -0.4 is 5.32 Å². The zero-order valence-corrected chi connectivity index (χ0v) is 11.2. The van der Waals surface area contributed by atoms with Gasteiger partial charge in [-0.15, -0.1) is 11.8 Å². The Balaban J connectivity index is 2.46. The van der Waals surface area contributed by atoms with Crippen molar-refractivity contribution in [3.63, 3.8) is 0 Å². The van der Waals surface area contributed by atoms with Crippen molar-refractivity contribution in [3.8, 4) is 0 Å². The molecule has 4 heteroatoms. The molecule has 1 aromatic rings. The van der Waals surface area contributed by atoms with E-state index in [-0.39, 0.29) is 0 Å².